The lowest BCUT2D eigenvalue weighted by Gasteiger charge is -2.24. The molecule has 128 valence electrons. The van der Waals surface area contributed by atoms with E-state index in [1.54, 1.807) is 14.2 Å². The van der Waals surface area contributed by atoms with Gasteiger partial charge in [0.05, 0.1) is 12.7 Å². The van der Waals surface area contributed by atoms with Gasteiger partial charge in [-0.1, -0.05) is 30.3 Å². The van der Waals surface area contributed by atoms with Gasteiger partial charge in [0, 0.05) is 40.9 Å². The lowest BCUT2D eigenvalue weighted by molar-refractivity contribution is 0.104. The van der Waals surface area contributed by atoms with Crippen molar-refractivity contribution >= 4 is 5.96 Å². The summed E-state index contributed by atoms with van der Waals surface area (Å²) >= 11 is 0. The highest BCUT2D eigenvalue weighted by atomic mass is 16.5. The third-order valence-corrected chi connectivity index (χ3v) is 4.10. The molecule has 2 rings (SSSR count). The Labute approximate surface area is 139 Å². The number of nitrogens with zero attached hydrogens (tertiary/aromatic N) is 2. The number of likely N-dealkylation sites (N-methyl/N-ethyl adjacent to an activating group) is 1. The molecule has 1 aliphatic carbocycles. The van der Waals surface area contributed by atoms with E-state index in [4.69, 9.17) is 9.47 Å². The molecule has 0 bridgehead atoms. The molecule has 0 amide bonds. The molecule has 5 heteroatoms. The Bertz CT molecular complexity index is 474. The van der Waals surface area contributed by atoms with Gasteiger partial charge < -0.3 is 19.7 Å². The van der Waals surface area contributed by atoms with Crippen molar-refractivity contribution in [2.45, 2.75) is 18.9 Å². The number of hydrogen-bond acceptors (Lipinski definition) is 3. The van der Waals surface area contributed by atoms with E-state index < -0.39 is 0 Å². The molecule has 1 N–H and O–H groups in total. The van der Waals surface area contributed by atoms with Crippen molar-refractivity contribution in [3.05, 3.63) is 35.9 Å². The van der Waals surface area contributed by atoms with Crippen LogP contribution >= 0.6 is 0 Å². The third-order valence-electron chi connectivity index (χ3n) is 4.10. The van der Waals surface area contributed by atoms with Gasteiger partial charge in [-0.2, -0.15) is 0 Å². The average molecular weight is 319 g/mol. The van der Waals surface area contributed by atoms with E-state index in [2.05, 4.69) is 27.3 Å². The highest BCUT2D eigenvalue weighted by Gasteiger charge is 2.21. The number of guanidine groups is 1. The first-order valence-electron chi connectivity index (χ1n) is 8.32. The topological polar surface area (TPSA) is 46.1 Å². The normalized spacial score (nSPS) is 16.2. The number of aliphatic imine (C=N–C) groups is 1. The minimum atomic E-state index is 0.00691. The molecule has 1 unspecified atom stereocenters. The van der Waals surface area contributed by atoms with Gasteiger partial charge in [-0.25, -0.2) is 0 Å². The fourth-order valence-electron chi connectivity index (χ4n) is 2.42. The summed E-state index contributed by atoms with van der Waals surface area (Å²) in [6.45, 7) is 3.15. The van der Waals surface area contributed by atoms with Crippen LogP contribution in [0.1, 0.15) is 24.5 Å². The van der Waals surface area contributed by atoms with E-state index in [0.29, 0.717) is 6.54 Å². The van der Waals surface area contributed by atoms with Crippen molar-refractivity contribution in [1.82, 2.24) is 10.2 Å². The average Bonchev–Trinajstić information content (AvgIpc) is 3.41. The Morgan fingerprint density at radius 2 is 2.09 bits per heavy atom. The van der Waals surface area contributed by atoms with Crippen LogP contribution in [0.5, 0.6) is 0 Å². The molecule has 0 aromatic heterocycles. The van der Waals surface area contributed by atoms with Crippen LogP contribution in [0.25, 0.3) is 0 Å². The fourth-order valence-corrected chi connectivity index (χ4v) is 2.42. The maximum atomic E-state index is 5.69. The van der Waals surface area contributed by atoms with Gasteiger partial charge in [-0.05, 0) is 24.3 Å². The summed E-state index contributed by atoms with van der Waals surface area (Å²) in [5, 5.41) is 3.38. The summed E-state index contributed by atoms with van der Waals surface area (Å²) in [5.74, 6) is 1.67. The first-order chi connectivity index (χ1) is 11.2. The maximum absolute atomic E-state index is 5.69. The van der Waals surface area contributed by atoms with Crippen molar-refractivity contribution < 1.29 is 9.47 Å². The Kier molecular flexibility index (Phi) is 7.36. The zero-order valence-corrected chi connectivity index (χ0v) is 14.5. The Morgan fingerprint density at radius 1 is 1.35 bits per heavy atom. The van der Waals surface area contributed by atoms with Crippen molar-refractivity contribution in [2.24, 2.45) is 10.9 Å². The molecule has 1 aliphatic rings. The van der Waals surface area contributed by atoms with Crippen LogP contribution in [0.15, 0.2) is 35.3 Å². The highest BCUT2D eigenvalue weighted by Crippen LogP contribution is 2.28. The Morgan fingerprint density at radius 3 is 2.70 bits per heavy atom. The molecule has 5 nitrogen and oxygen atoms in total. The molecule has 1 fully saturated rings. The van der Waals surface area contributed by atoms with Gasteiger partial charge in [0.1, 0.15) is 0 Å². The van der Waals surface area contributed by atoms with Gasteiger partial charge in [0.15, 0.2) is 5.96 Å². The number of hydrogen-bond donors (Lipinski definition) is 1. The number of ether oxygens (including phenoxy) is 2. The maximum Gasteiger partial charge on any atom is 0.193 e. The lowest BCUT2D eigenvalue weighted by Crippen LogP contribution is -2.42. The summed E-state index contributed by atoms with van der Waals surface area (Å²) in [6.07, 6.45) is 2.67. The van der Waals surface area contributed by atoms with Gasteiger partial charge in [0.25, 0.3) is 0 Å². The van der Waals surface area contributed by atoms with Crippen LogP contribution < -0.4 is 5.32 Å². The zero-order chi connectivity index (χ0) is 16.5. The molecule has 1 aromatic rings. The monoisotopic (exact) mass is 319 g/mol. The van der Waals surface area contributed by atoms with Crippen LogP contribution in [0, 0.1) is 5.92 Å². The van der Waals surface area contributed by atoms with E-state index in [0.717, 1.165) is 37.2 Å². The molecule has 0 radical (unpaired) electrons. The van der Waals surface area contributed by atoms with Crippen molar-refractivity contribution in [2.75, 3.05) is 47.5 Å². The van der Waals surface area contributed by atoms with E-state index in [1.165, 1.54) is 12.8 Å². The van der Waals surface area contributed by atoms with Crippen LogP contribution in [0.3, 0.4) is 0 Å². The van der Waals surface area contributed by atoms with E-state index in [1.807, 2.05) is 25.2 Å². The fraction of sp³-hybridized carbons (Fsp3) is 0.611. The van der Waals surface area contributed by atoms with Crippen molar-refractivity contribution in [3.8, 4) is 0 Å². The molecule has 0 heterocycles. The summed E-state index contributed by atoms with van der Waals surface area (Å²) in [7, 11) is 5.56. The number of nitrogens with one attached hydrogen (secondary N) is 1. The number of rotatable bonds is 9. The summed E-state index contributed by atoms with van der Waals surface area (Å²) in [6, 6.07) is 10.2. The van der Waals surface area contributed by atoms with Crippen molar-refractivity contribution in [1.29, 1.82) is 0 Å². The first-order valence-corrected chi connectivity index (χ1v) is 8.32. The summed E-state index contributed by atoms with van der Waals surface area (Å²) in [4.78, 5) is 6.42. The van der Waals surface area contributed by atoms with E-state index >= 15 is 0 Å². The molecular formula is C18H29N3O2. The second kappa shape index (κ2) is 9.53. The minimum absolute atomic E-state index is 0.00691. The van der Waals surface area contributed by atoms with Crippen LogP contribution in [-0.4, -0.2) is 58.4 Å². The van der Waals surface area contributed by atoms with Crippen LogP contribution in [0.4, 0.5) is 0 Å². The molecule has 0 spiro atoms. The Hall–Kier alpha value is -1.59. The van der Waals surface area contributed by atoms with Gasteiger partial charge in [-0.3, -0.25) is 4.99 Å². The van der Waals surface area contributed by atoms with Crippen LogP contribution in [-0.2, 0) is 9.47 Å². The molecular weight excluding hydrogens is 290 g/mol. The molecule has 1 saturated carbocycles. The Balaban J connectivity index is 1.73. The summed E-state index contributed by atoms with van der Waals surface area (Å²) < 4.78 is 11.3. The van der Waals surface area contributed by atoms with Crippen LogP contribution in [0.2, 0.25) is 0 Å². The molecule has 0 aliphatic heterocycles. The van der Waals surface area contributed by atoms with Gasteiger partial charge in [-0.15, -0.1) is 0 Å². The van der Waals surface area contributed by atoms with E-state index in [-0.39, 0.29) is 6.10 Å². The largest absolute Gasteiger partial charge is 0.379 e. The molecule has 1 atom stereocenters. The first kappa shape index (κ1) is 17.8. The predicted octanol–water partition coefficient (Wildman–Crippen LogP) is 2.31. The predicted molar refractivity (Wildman–Crippen MR) is 93.7 cm³/mol. The van der Waals surface area contributed by atoms with Gasteiger partial charge >= 0.3 is 0 Å². The van der Waals surface area contributed by atoms with Crippen molar-refractivity contribution in [3.63, 3.8) is 0 Å². The number of methoxy groups -OCH3 is 1. The SMILES string of the molecule is CN=C(NCC(OC)c1ccccc1)N(C)CCOCC1CC1. The smallest absolute Gasteiger partial charge is 0.193 e. The lowest BCUT2D eigenvalue weighted by atomic mass is 10.1. The van der Waals surface area contributed by atoms with Gasteiger partial charge in [0.2, 0.25) is 0 Å². The quantitative estimate of drug-likeness (QED) is 0.431. The molecule has 1 aromatic carbocycles. The molecule has 0 saturated heterocycles. The zero-order valence-electron chi connectivity index (χ0n) is 14.5. The number of benzene rings is 1. The highest BCUT2D eigenvalue weighted by molar-refractivity contribution is 5.79. The standard InChI is InChI=1S/C18H29N3O2/c1-19-18(21(2)11-12-23-14-15-9-10-15)20-13-17(22-3)16-7-5-4-6-8-16/h4-8,15,17H,9-14H2,1-3H3,(H,19,20). The second-order valence-corrected chi connectivity index (χ2v) is 6.00. The third kappa shape index (κ3) is 6.20. The van der Waals surface area contributed by atoms with E-state index in [9.17, 15) is 0 Å². The second-order valence-electron chi connectivity index (χ2n) is 6.00. The molecule has 23 heavy (non-hydrogen) atoms. The summed E-state index contributed by atoms with van der Waals surface area (Å²) in [5.41, 5.74) is 1.16. The minimum Gasteiger partial charge on any atom is -0.379 e.